The summed E-state index contributed by atoms with van der Waals surface area (Å²) >= 11 is 0. The van der Waals surface area contributed by atoms with Gasteiger partial charge in [-0.2, -0.15) is 0 Å². The number of pyridine rings is 2. The molecular weight excluding hydrogens is 403 g/mol. The highest BCUT2D eigenvalue weighted by atomic mass is 19.1. The molecule has 158 valence electrons. The van der Waals surface area contributed by atoms with Gasteiger partial charge in [0.1, 0.15) is 5.69 Å². The van der Waals surface area contributed by atoms with Crippen molar-refractivity contribution < 1.29 is 13.9 Å². The Labute approximate surface area is 176 Å². The van der Waals surface area contributed by atoms with Crippen molar-refractivity contribution in [3.63, 3.8) is 0 Å². The summed E-state index contributed by atoms with van der Waals surface area (Å²) in [6.45, 7) is 1.56. The Morgan fingerprint density at radius 2 is 2.03 bits per heavy atom. The molecule has 5 rings (SSSR count). The first-order valence-electron chi connectivity index (χ1n) is 9.94. The third kappa shape index (κ3) is 3.77. The van der Waals surface area contributed by atoms with Gasteiger partial charge in [-0.15, -0.1) is 0 Å². The summed E-state index contributed by atoms with van der Waals surface area (Å²) in [5.74, 6) is -0.366. The first-order chi connectivity index (χ1) is 15.1. The molecule has 0 atom stereocenters. The third-order valence-electron chi connectivity index (χ3n) is 5.33. The van der Waals surface area contributed by atoms with E-state index in [-0.39, 0.29) is 29.2 Å². The van der Waals surface area contributed by atoms with Gasteiger partial charge in [0.25, 0.3) is 5.56 Å². The monoisotopic (exact) mass is 422 g/mol. The van der Waals surface area contributed by atoms with E-state index >= 15 is 0 Å². The number of aromatic nitrogens is 4. The van der Waals surface area contributed by atoms with Gasteiger partial charge in [0.05, 0.1) is 49.2 Å². The van der Waals surface area contributed by atoms with Crippen LogP contribution < -0.4 is 15.8 Å². The Balaban J connectivity index is 1.43. The topological polar surface area (TPSA) is 102 Å². The van der Waals surface area contributed by atoms with Crippen LogP contribution in [-0.2, 0) is 9.53 Å². The summed E-state index contributed by atoms with van der Waals surface area (Å²) < 4.78 is 21.2. The molecule has 0 unspecified atom stereocenters. The quantitative estimate of drug-likeness (QED) is 0.673. The number of halogens is 1. The van der Waals surface area contributed by atoms with Crippen LogP contribution in [0.4, 0.5) is 21.7 Å². The first-order valence-corrected chi connectivity index (χ1v) is 9.94. The number of ether oxygens (including phenoxy) is 1. The number of hydrogen-bond donors (Lipinski definition) is 1. The van der Waals surface area contributed by atoms with Gasteiger partial charge in [0, 0.05) is 30.8 Å². The lowest BCUT2D eigenvalue weighted by Gasteiger charge is -2.28. The van der Waals surface area contributed by atoms with E-state index in [2.05, 4.69) is 20.3 Å². The van der Waals surface area contributed by atoms with E-state index in [1.54, 1.807) is 29.6 Å². The van der Waals surface area contributed by atoms with Crippen molar-refractivity contribution in [3.8, 4) is 11.3 Å². The summed E-state index contributed by atoms with van der Waals surface area (Å²) in [6, 6.07) is 4.65. The van der Waals surface area contributed by atoms with Crippen LogP contribution in [0.25, 0.3) is 11.3 Å². The second-order valence-corrected chi connectivity index (χ2v) is 7.45. The van der Waals surface area contributed by atoms with Gasteiger partial charge in [-0.05, 0) is 18.6 Å². The van der Waals surface area contributed by atoms with Crippen LogP contribution in [0.3, 0.4) is 0 Å². The molecule has 1 N–H and O–H groups in total. The van der Waals surface area contributed by atoms with Crippen molar-refractivity contribution in [1.82, 2.24) is 19.5 Å². The summed E-state index contributed by atoms with van der Waals surface area (Å²) in [4.78, 5) is 38.3. The highest BCUT2D eigenvalue weighted by molar-refractivity contribution is 5.95. The van der Waals surface area contributed by atoms with Crippen LogP contribution in [0.1, 0.15) is 18.9 Å². The Hall–Kier alpha value is -3.66. The molecule has 2 fully saturated rings. The summed E-state index contributed by atoms with van der Waals surface area (Å²) in [6.07, 6.45) is 7.21. The van der Waals surface area contributed by atoms with E-state index in [1.165, 1.54) is 16.7 Å². The van der Waals surface area contributed by atoms with Gasteiger partial charge in [-0.25, -0.2) is 14.4 Å². The van der Waals surface area contributed by atoms with E-state index in [4.69, 9.17) is 4.74 Å². The van der Waals surface area contributed by atoms with E-state index in [0.717, 1.165) is 12.6 Å². The van der Waals surface area contributed by atoms with Gasteiger partial charge < -0.3 is 19.5 Å². The van der Waals surface area contributed by atoms with Gasteiger partial charge in [0.2, 0.25) is 11.9 Å². The zero-order valence-electron chi connectivity index (χ0n) is 16.5. The molecule has 31 heavy (non-hydrogen) atoms. The maximum atomic E-state index is 14.5. The maximum Gasteiger partial charge on any atom is 0.250 e. The highest BCUT2D eigenvalue weighted by Crippen LogP contribution is 2.26. The largest absolute Gasteiger partial charge is 0.377 e. The molecule has 3 aromatic rings. The number of rotatable bonds is 5. The van der Waals surface area contributed by atoms with Crippen LogP contribution in [-0.4, -0.2) is 45.2 Å². The molecule has 0 saturated carbocycles. The summed E-state index contributed by atoms with van der Waals surface area (Å²) in [5, 5.41) is 3.01. The van der Waals surface area contributed by atoms with Crippen molar-refractivity contribution >= 4 is 23.2 Å². The standard InChI is InChI=1S/C21H19FN6O3/c22-17-9-24-21(25-14-6-15(8-23-7-14)27-5-1-2-18(27)29)26-20(17)13-3-4-19(30)28(10-13)16-11-31-12-16/h3-4,6-10,16H,1-2,5,11-12H2,(H,24,25,26). The Kier molecular flexibility index (Phi) is 4.91. The third-order valence-corrected chi connectivity index (χ3v) is 5.33. The van der Waals surface area contributed by atoms with E-state index in [1.807, 2.05) is 0 Å². The van der Waals surface area contributed by atoms with Crippen molar-refractivity contribution in [1.29, 1.82) is 0 Å². The van der Waals surface area contributed by atoms with E-state index in [0.29, 0.717) is 43.1 Å². The predicted molar refractivity (Wildman–Crippen MR) is 111 cm³/mol. The molecule has 0 aromatic carbocycles. The van der Waals surface area contributed by atoms with Crippen LogP contribution >= 0.6 is 0 Å². The van der Waals surface area contributed by atoms with Crippen LogP contribution in [0.2, 0.25) is 0 Å². The minimum atomic E-state index is -0.602. The van der Waals surface area contributed by atoms with Crippen molar-refractivity contribution in [2.45, 2.75) is 18.9 Å². The average Bonchev–Trinajstić information content (AvgIpc) is 3.16. The van der Waals surface area contributed by atoms with Crippen molar-refractivity contribution in [3.05, 3.63) is 59.2 Å². The second-order valence-electron chi connectivity index (χ2n) is 7.45. The zero-order chi connectivity index (χ0) is 21.4. The van der Waals surface area contributed by atoms with Gasteiger partial charge in [-0.3, -0.25) is 14.6 Å². The van der Waals surface area contributed by atoms with Gasteiger partial charge >= 0.3 is 0 Å². The van der Waals surface area contributed by atoms with Crippen molar-refractivity contribution in [2.24, 2.45) is 0 Å². The Bertz CT molecular complexity index is 1210. The molecule has 2 aliphatic rings. The molecule has 2 aliphatic heterocycles. The van der Waals surface area contributed by atoms with Crippen molar-refractivity contribution in [2.75, 3.05) is 30.0 Å². The minimum Gasteiger partial charge on any atom is -0.377 e. The number of amides is 1. The number of carbonyl (C=O) groups is 1. The lowest BCUT2D eigenvalue weighted by Crippen LogP contribution is -2.36. The molecule has 3 aromatic heterocycles. The molecule has 1 amide bonds. The SMILES string of the molecule is O=C1CCCN1c1cncc(Nc2ncc(F)c(-c3ccc(=O)n(C4COC4)c3)n2)c1. The van der Waals surface area contributed by atoms with Crippen LogP contribution in [0, 0.1) is 5.82 Å². The van der Waals surface area contributed by atoms with Crippen LogP contribution in [0.15, 0.2) is 47.8 Å². The zero-order valence-corrected chi connectivity index (χ0v) is 16.5. The fraction of sp³-hybridized carbons (Fsp3) is 0.286. The maximum absolute atomic E-state index is 14.5. The predicted octanol–water partition coefficient (Wildman–Crippen LogP) is 2.28. The highest BCUT2D eigenvalue weighted by Gasteiger charge is 2.23. The molecular formula is C21H19FN6O3. The molecule has 5 heterocycles. The fourth-order valence-electron chi connectivity index (χ4n) is 3.64. The smallest absolute Gasteiger partial charge is 0.250 e. The van der Waals surface area contributed by atoms with Gasteiger partial charge in [0.15, 0.2) is 5.82 Å². The molecule has 2 saturated heterocycles. The molecule has 0 radical (unpaired) electrons. The van der Waals surface area contributed by atoms with E-state index in [9.17, 15) is 14.0 Å². The molecule has 10 heteroatoms. The fourth-order valence-corrected chi connectivity index (χ4v) is 3.64. The number of hydrogen-bond acceptors (Lipinski definition) is 7. The molecule has 0 bridgehead atoms. The van der Waals surface area contributed by atoms with Crippen LogP contribution in [0.5, 0.6) is 0 Å². The number of nitrogens with one attached hydrogen (secondary N) is 1. The summed E-state index contributed by atoms with van der Waals surface area (Å²) in [7, 11) is 0. The van der Waals surface area contributed by atoms with E-state index < -0.39 is 5.82 Å². The lowest BCUT2D eigenvalue weighted by atomic mass is 10.1. The molecule has 0 aliphatic carbocycles. The Morgan fingerprint density at radius 1 is 1.16 bits per heavy atom. The minimum absolute atomic E-state index is 0.0583. The number of anilines is 3. The average molecular weight is 422 g/mol. The van der Waals surface area contributed by atoms with Gasteiger partial charge in [-0.1, -0.05) is 0 Å². The molecule has 0 spiro atoms. The Morgan fingerprint density at radius 3 is 2.77 bits per heavy atom. The number of nitrogens with zero attached hydrogens (tertiary/aromatic N) is 5. The lowest BCUT2D eigenvalue weighted by molar-refractivity contribution is -0.117. The second kappa shape index (κ2) is 7.88. The number of carbonyl (C=O) groups excluding carboxylic acids is 1. The first kappa shape index (κ1) is 19.3. The summed E-state index contributed by atoms with van der Waals surface area (Å²) in [5.41, 5.74) is 1.62. The molecule has 9 nitrogen and oxygen atoms in total. The normalized spacial score (nSPS) is 16.4.